The minimum absolute atomic E-state index is 0.346. The summed E-state index contributed by atoms with van der Waals surface area (Å²) >= 11 is 0. The average Bonchev–Trinajstić information content (AvgIpc) is 2.95. The molecule has 0 fully saturated rings. The SMILES string of the molecule is N#Cc1ccnc(OCC2CCn3cc(C#N)nc3C2)c1. The summed E-state index contributed by atoms with van der Waals surface area (Å²) < 4.78 is 7.70. The Bertz CT molecular complexity index is 737. The number of nitriles is 2. The first-order valence-electron chi connectivity index (χ1n) is 6.73. The van der Waals surface area contributed by atoms with Crippen molar-refractivity contribution < 1.29 is 4.74 Å². The average molecular weight is 279 g/mol. The molecule has 104 valence electrons. The van der Waals surface area contributed by atoms with Crippen LogP contribution in [0.3, 0.4) is 0 Å². The van der Waals surface area contributed by atoms with Crippen molar-refractivity contribution in [2.24, 2.45) is 5.92 Å². The van der Waals surface area contributed by atoms with Gasteiger partial charge in [0.1, 0.15) is 11.9 Å². The third-order valence-electron chi connectivity index (χ3n) is 3.55. The van der Waals surface area contributed by atoms with Gasteiger partial charge in [0.2, 0.25) is 5.88 Å². The van der Waals surface area contributed by atoms with Crippen molar-refractivity contribution in [1.82, 2.24) is 14.5 Å². The first kappa shape index (κ1) is 13.1. The van der Waals surface area contributed by atoms with E-state index >= 15 is 0 Å². The monoisotopic (exact) mass is 279 g/mol. The van der Waals surface area contributed by atoms with E-state index in [0.717, 1.165) is 25.2 Å². The number of ether oxygens (including phenoxy) is 1. The van der Waals surface area contributed by atoms with E-state index in [0.29, 0.717) is 29.7 Å². The molecule has 0 saturated heterocycles. The predicted octanol–water partition coefficient (Wildman–Crippen LogP) is 1.66. The lowest BCUT2D eigenvalue weighted by atomic mass is 9.99. The highest BCUT2D eigenvalue weighted by atomic mass is 16.5. The zero-order valence-electron chi connectivity index (χ0n) is 11.4. The Balaban J connectivity index is 1.62. The van der Waals surface area contributed by atoms with Crippen LogP contribution in [0.1, 0.15) is 23.5 Å². The molecular weight excluding hydrogens is 266 g/mol. The van der Waals surface area contributed by atoms with Gasteiger partial charge >= 0.3 is 0 Å². The highest BCUT2D eigenvalue weighted by Crippen LogP contribution is 2.21. The van der Waals surface area contributed by atoms with E-state index in [-0.39, 0.29) is 0 Å². The molecule has 0 amide bonds. The second-order valence-corrected chi connectivity index (χ2v) is 5.01. The summed E-state index contributed by atoms with van der Waals surface area (Å²) in [6, 6.07) is 7.41. The highest BCUT2D eigenvalue weighted by molar-refractivity contribution is 5.31. The second-order valence-electron chi connectivity index (χ2n) is 5.01. The van der Waals surface area contributed by atoms with Gasteiger partial charge in [-0.2, -0.15) is 10.5 Å². The van der Waals surface area contributed by atoms with Gasteiger partial charge in [0.25, 0.3) is 0 Å². The fourth-order valence-corrected chi connectivity index (χ4v) is 2.45. The number of nitrogens with zero attached hydrogens (tertiary/aromatic N) is 5. The Labute approximate surface area is 122 Å². The fraction of sp³-hybridized carbons (Fsp3) is 0.333. The fourth-order valence-electron chi connectivity index (χ4n) is 2.45. The van der Waals surface area contributed by atoms with Gasteiger partial charge < -0.3 is 9.30 Å². The normalized spacial score (nSPS) is 16.6. The van der Waals surface area contributed by atoms with Crippen molar-refractivity contribution in [3.05, 3.63) is 41.6 Å². The molecule has 0 spiro atoms. The highest BCUT2D eigenvalue weighted by Gasteiger charge is 2.21. The van der Waals surface area contributed by atoms with Crippen LogP contribution in [0.25, 0.3) is 0 Å². The Morgan fingerprint density at radius 1 is 1.38 bits per heavy atom. The molecule has 3 heterocycles. The molecule has 1 aliphatic heterocycles. The Morgan fingerprint density at radius 2 is 2.29 bits per heavy atom. The van der Waals surface area contributed by atoms with Crippen molar-refractivity contribution in [2.75, 3.05) is 6.61 Å². The number of hydrogen-bond donors (Lipinski definition) is 0. The van der Waals surface area contributed by atoms with Crippen LogP contribution in [0.15, 0.2) is 24.5 Å². The Morgan fingerprint density at radius 3 is 3.10 bits per heavy atom. The van der Waals surface area contributed by atoms with E-state index in [4.69, 9.17) is 15.3 Å². The molecular formula is C15H13N5O. The zero-order chi connectivity index (χ0) is 14.7. The smallest absolute Gasteiger partial charge is 0.214 e. The van der Waals surface area contributed by atoms with Gasteiger partial charge in [-0.25, -0.2) is 9.97 Å². The lowest BCUT2D eigenvalue weighted by Crippen LogP contribution is -2.24. The zero-order valence-corrected chi connectivity index (χ0v) is 11.4. The molecule has 1 atom stereocenters. The second kappa shape index (κ2) is 5.64. The number of aromatic nitrogens is 3. The number of rotatable bonds is 3. The summed E-state index contributed by atoms with van der Waals surface area (Å²) in [7, 11) is 0. The number of imidazole rings is 1. The molecule has 2 aromatic heterocycles. The van der Waals surface area contributed by atoms with Gasteiger partial charge in [0.05, 0.1) is 18.2 Å². The van der Waals surface area contributed by atoms with Crippen molar-refractivity contribution in [1.29, 1.82) is 10.5 Å². The Kier molecular flexibility index (Phi) is 3.53. The lowest BCUT2D eigenvalue weighted by molar-refractivity contribution is 0.212. The predicted molar refractivity (Wildman–Crippen MR) is 73.2 cm³/mol. The van der Waals surface area contributed by atoms with Crippen molar-refractivity contribution in [3.8, 4) is 18.0 Å². The van der Waals surface area contributed by atoms with Crippen LogP contribution in [-0.2, 0) is 13.0 Å². The van der Waals surface area contributed by atoms with E-state index in [9.17, 15) is 0 Å². The molecule has 0 aliphatic carbocycles. The van der Waals surface area contributed by atoms with Crippen LogP contribution in [0, 0.1) is 28.6 Å². The number of pyridine rings is 1. The maximum atomic E-state index is 8.87. The molecule has 3 rings (SSSR count). The molecule has 0 bridgehead atoms. The van der Waals surface area contributed by atoms with Crippen LogP contribution in [0.4, 0.5) is 0 Å². The third kappa shape index (κ3) is 2.85. The summed E-state index contributed by atoms with van der Waals surface area (Å²) in [4.78, 5) is 8.39. The number of aryl methyl sites for hydroxylation is 1. The molecule has 1 unspecified atom stereocenters. The van der Waals surface area contributed by atoms with E-state index < -0.39 is 0 Å². The minimum atomic E-state index is 0.346. The first-order valence-corrected chi connectivity index (χ1v) is 6.73. The maximum Gasteiger partial charge on any atom is 0.214 e. The largest absolute Gasteiger partial charge is 0.477 e. The van der Waals surface area contributed by atoms with E-state index in [1.54, 1.807) is 24.5 Å². The molecule has 6 nitrogen and oxygen atoms in total. The molecule has 0 N–H and O–H groups in total. The number of fused-ring (bicyclic) bond motifs is 1. The van der Waals surface area contributed by atoms with Gasteiger partial charge in [-0.1, -0.05) is 0 Å². The maximum absolute atomic E-state index is 8.87. The third-order valence-corrected chi connectivity index (χ3v) is 3.55. The topological polar surface area (TPSA) is 87.5 Å². The van der Waals surface area contributed by atoms with E-state index in [1.807, 2.05) is 4.57 Å². The van der Waals surface area contributed by atoms with Gasteiger partial charge in [-0.05, 0) is 12.5 Å². The molecule has 0 saturated carbocycles. The standard InChI is InChI=1S/C15H13N5O/c16-7-11-1-3-18-15(6-11)21-10-12-2-4-20-9-13(8-17)19-14(20)5-12/h1,3,6,9,12H,2,4-5,10H2. The van der Waals surface area contributed by atoms with Gasteiger partial charge in [0.15, 0.2) is 5.69 Å². The Hall–Kier alpha value is -2.86. The summed E-state index contributed by atoms with van der Waals surface area (Å²) in [5.41, 5.74) is 1.01. The first-order chi connectivity index (χ1) is 10.3. The van der Waals surface area contributed by atoms with Crippen LogP contribution in [0.2, 0.25) is 0 Å². The molecule has 0 aromatic carbocycles. The summed E-state index contributed by atoms with van der Waals surface area (Å²) in [6.45, 7) is 1.39. The summed E-state index contributed by atoms with van der Waals surface area (Å²) in [6.07, 6.45) is 5.14. The van der Waals surface area contributed by atoms with E-state index in [1.165, 1.54) is 0 Å². The molecule has 0 radical (unpaired) electrons. The quantitative estimate of drug-likeness (QED) is 0.852. The van der Waals surface area contributed by atoms with Gasteiger partial charge in [-0.3, -0.25) is 0 Å². The van der Waals surface area contributed by atoms with Crippen molar-refractivity contribution in [3.63, 3.8) is 0 Å². The number of hydrogen-bond acceptors (Lipinski definition) is 5. The molecule has 6 heteroatoms. The molecule has 2 aromatic rings. The van der Waals surface area contributed by atoms with Crippen LogP contribution < -0.4 is 4.74 Å². The van der Waals surface area contributed by atoms with E-state index in [2.05, 4.69) is 22.1 Å². The molecule has 21 heavy (non-hydrogen) atoms. The minimum Gasteiger partial charge on any atom is -0.477 e. The van der Waals surface area contributed by atoms with Crippen molar-refractivity contribution >= 4 is 0 Å². The van der Waals surface area contributed by atoms with Gasteiger partial charge in [-0.15, -0.1) is 0 Å². The molecule has 1 aliphatic rings. The van der Waals surface area contributed by atoms with Crippen LogP contribution in [-0.4, -0.2) is 21.1 Å². The van der Waals surface area contributed by atoms with Crippen molar-refractivity contribution in [2.45, 2.75) is 19.4 Å². The summed E-state index contributed by atoms with van der Waals surface area (Å²) in [5.74, 6) is 1.75. The summed E-state index contributed by atoms with van der Waals surface area (Å²) in [5, 5.41) is 17.7. The van der Waals surface area contributed by atoms with Crippen LogP contribution >= 0.6 is 0 Å². The van der Waals surface area contributed by atoms with Crippen LogP contribution in [0.5, 0.6) is 5.88 Å². The van der Waals surface area contributed by atoms with Gasteiger partial charge in [0, 0.05) is 37.3 Å². The lowest BCUT2D eigenvalue weighted by Gasteiger charge is -2.22.